The molecule has 1 aliphatic heterocycles. The first-order valence-electron chi connectivity index (χ1n) is 7.96. The zero-order valence-electron chi connectivity index (χ0n) is 13.2. The number of hydrogen-bond acceptors (Lipinski definition) is 4. The molecule has 0 saturated carbocycles. The van der Waals surface area contributed by atoms with E-state index in [1.165, 1.54) is 0 Å². The van der Waals surface area contributed by atoms with Crippen molar-refractivity contribution in [3.05, 3.63) is 29.1 Å². The molecule has 0 aliphatic carbocycles. The highest BCUT2D eigenvalue weighted by molar-refractivity contribution is 6.31. The molecular weight excluding hydrogens is 316 g/mol. The molecule has 0 radical (unpaired) electrons. The molecule has 0 spiro atoms. The number of benzene rings is 1. The van der Waals surface area contributed by atoms with E-state index >= 15 is 0 Å². The van der Waals surface area contributed by atoms with Gasteiger partial charge in [-0.2, -0.15) is 0 Å². The second-order valence-corrected chi connectivity index (χ2v) is 6.15. The van der Waals surface area contributed by atoms with E-state index in [-0.39, 0.29) is 6.03 Å². The molecule has 1 aromatic heterocycles. The number of halogens is 1. The molecule has 0 atom stereocenters. The van der Waals surface area contributed by atoms with E-state index in [1.807, 2.05) is 24.0 Å². The van der Waals surface area contributed by atoms with E-state index in [1.54, 1.807) is 6.07 Å². The Morgan fingerprint density at radius 2 is 2.13 bits per heavy atom. The summed E-state index contributed by atoms with van der Waals surface area (Å²) in [4.78, 5) is 20.5. The van der Waals surface area contributed by atoms with Crippen molar-refractivity contribution in [2.45, 2.75) is 19.9 Å². The average Bonchev–Trinajstić information content (AvgIpc) is 2.94. The molecule has 1 aliphatic rings. The van der Waals surface area contributed by atoms with Gasteiger partial charge in [0.15, 0.2) is 5.58 Å². The summed E-state index contributed by atoms with van der Waals surface area (Å²) in [6.45, 7) is 6.51. The second-order valence-electron chi connectivity index (χ2n) is 5.71. The number of carbonyl (C=O) groups excluding carboxylic acids is 1. The maximum absolute atomic E-state index is 11.9. The fourth-order valence-corrected chi connectivity index (χ4v) is 2.82. The number of aromatic nitrogens is 1. The highest BCUT2D eigenvalue weighted by Gasteiger charge is 2.22. The second kappa shape index (κ2) is 7.19. The molecule has 0 unspecified atom stereocenters. The van der Waals surface area contributed by atoms with Crippen LogP contribution in [0.15, 0.2) is 22.6 Å². The van der Waals surface area contributed by atoms with Gasteiger partial charge in [-0.3, -0.25) is 4.90 Å². The fourth-order valence-electron chi connectivity index (χ4n) is 2.66. The van der Waals surface area contributed by atoms with Crippen molar-refractivity contribution < 1.29 is 9.21 Å². The van der Waals surface area contributed by atoms with Crippen LogP contribution in [0.4, 0.5) is 4.79 Å². The normalized spacial score (nSPS) is 16.0. The van der Waals surface area contributed by atoms with Crippen LogP contribution in [0.1, 0.15) is 19.2 Å². The van der Waals surface area contributed by atoms with Crippen LogP contribution in [-0.2, 0) is 6.54 Å². The third-order valence-corrected chi connectivity index (χ3v) is 4.17. The lowest BCUT2D eigenvalue weighted by Gasteiger charge is -2.33. The number of nitrogens with one attached hydrogen (secondary N) is 1. The van der Waals surface area contributed by atoms with E-state index in [4.69, 9.17) is 16.0 Å². The van der Waals surface area contributed by atoms with Crippen LogP contribution in [-0.4, -0.2) is 53.5 Å². The Labute approximate surface area is 140 Å². The average molecular weight is 337 g/mol. The van der Waals surface area contributed by atoms with Gasteiger partial charge >= 0.3 is 6.03 Å². The molecule has 23 heavy (non-hydrogen) atoms. The number of oxazole rings is 1. The van der Waals surface area contributed by atoms with Crippen molar-refractivity contribution in [3.63, 3.8) is 0 Å². The molecule has 0 bridgehead atoms. The predicted molar refractivity (Wildman–Crippen MR) is 89.6 cm³/mol. The highest BCUT2D eigenvalue weighted by atomic mass is 35.5. The minimum Gasteiger partial charge on any atom is -0.439 e. The topological polar surface area (TPSA) is 61.6 Å². The van der Waals surface area contributed by atoms with Crippen LogP contribution in [0.2, 0.25) is 5.02 Å². The standard InChI is InChI=1S/C16H21ClN4O2/c1-2-5-18-16(22)21-8-6-20(7-9-21)11-15-19-13-4-3-12(17)10-14(13)23-15/h3-4,10H,2,5-9,11H2,1H3,(H,18,22). The van der Waals surface area contributed by atoms with Gasteiger partial charge in [0, 0.05) is 43.8 Å². The van der Waals surface area contributed by atoms with Crippen LogP contribution >= 0.6 is 11.6 Å². The Morgan fingerprint density at radius 1 is 1.35 bits per heavy atom. The van der Waals surface area contributed by atoms with Crippen molar-refractivity contribution in [2.24, 2.45) is 0 Å². The number of nitrogens with zero attached hydrogens (tertiary/aromatic N) is 3. The van der Waals surface area contributed by atoms with Crippen LogP contribution in [0.3, 0.4) is 0 Å². The van der Waals surface area contributed by atoms with Gasteiger partial charge in [0.25, 0.3) is 0 Å². The summed E-state index contributed by atoms with van der Waals surface area (Å²) < 4.78 is 5.75. The van der Waals surface area contributed by atoms with Crippen LogP contribution in [0.5, 0.6) is 0 Å². The molecule has 2 aromatic rings. The molecule has 1 N–H and O–H groups in total. The minimum absolute atomic E-state index is 0.0306. The van der Waals surface area contributed by atoms with Gasteiger partial charge in [0.2, 0.25) is 5.89 Å². The zero-order valence-corrected chi connectivity index (χ0v) is 14.0. The Bertz CT molecular complexity index is 680. The number of fused-ring (bicyclic) bond motifs is 1. The molecule has 1 fully saturated rings. The third kappa shape index (κ3) is 3.95. The summed E-state index contributed by atoms with van der Waals surface area (Å²) in [5, 5.41) is 3.56. The maximum Gasteiger partial charge on any atom is 0.317 e. The number of piperazine rings is 1. The highest BCUT2D eigenvalue weighted by Crippen LogP contribution is 2.21. The smallest absolute Gasteiger partial charge is 0.317 e. The molecule has 7 heteroatoms. The van der Waals surface area contributed by atoms with E-state index in [9.17, 15) is 4.79 Å². The number of carbonyl (C=O) groups is 1. The molecule has 3 rings (SSSR count). The van der Waals surface area contributed by atoms with Gasteiger partial charge in [-0.25, -0.2) is 9.78 Å². The van der Waals surface area contributed by atoms with Gasteiger partial charge in [0.1, 0.15) is 5.52 Å². The lowest BCUT2D eigenvalue weighted by atomic mass is 10.3. The van der Waals surface area contributed by atoms with E-state index < -0.39 is 0 Å². The van der Waals surface area contributed by atoms with Crippen LogP contribution in [0, 0.1) is 0 Å². The first kappa shape index (κ1) is 16.1. The maximum atomic E-state index is 11.9. The minimum atomic E-state index is 0.0306. The summed E-state index contributed by atoms with van der Waals surface area (Å²) >= 11 is 5.96. The van der Waals surface area contributed by atoms with E-state index in [0.717, 1.165) is 44.7 Å². The number of amides is 2. The fraction of sp³-hybridized carbons (Fsp3) is 0.500. The summed E-state index contributed by atoms with van der Waals surface area (Å²) in [5.74, 6) is 0.686. The lowest BCUT2D eigenvalue weighted by Crippen LogP contribution is -2.51. The Morgan fingerprint density at radius 3 is 2.87 bits per heavy atom. The Hall–Kier alpha value is -1.79. The zero-order chi connectivity index (χ0) is 16.2. The molecule has 2 amide bonds. The van der Waals surface area contributed by atoms with Gasteiger partial charge < -0.3 is 14.6 Å². The van der Waals surface area contributed by atoms with Crippen molar-refractivity contribution in [2.75, 3.05) is 32.7 Å². The van der Waals surface area contributed by atoms with Gasteiger partial charge in [-0.05, 0) is 18.6 Å². The molecule has 6 nitrogen and oxygen atoms in total. The van der Waals surface area contributed by atoms with Crippen LogP contribution < -0.4 is 5.32 Å². The number of urea groups is 1. The van der Waals surface area contributed by atoms with Gasteiger partial charge in [-0.1, -0.05) is 18.5 Å². The summed E-state index contributed by atoms with van der Waals surface area (Å²) in [6, 6.07) is 5.48. The monoisotopic (exact) mass is 336 g/mol. The number of rotatable bonds is 4. The molecule has 124 valence electrons. The third-order valence-electron chi connectivity index (χ3n) is 3.94. The predicted octanol–water partition coefficient (Wildman–Crippen LogP) is 2.72. The van der Waals surface area contributed by atoms with Gasteiger partial charge in [-0.15, -0.1) is 0 Å². The molecule has 1 aromatic carbocycles. The lowest BCUT2D eigenvalue weighted by molar-refractivity contribution is 0.129. The van der Waals surface area contributed by atoms with Crippen molar-refractivity contribution >= 4 is 28.7 Å². The molecular formula is C16H21ClN4O2. The summed E-state index contributed by atoms with van der Waals surface area (Å²) in [7, 11) is 0. The summed E-state index contributed by atoms with van der Waals surface area (Å²) in [5.41, 5.74) is 1.53. The molecule has 1 saturated heterocycles. The van der Waals surface area contributed by atoms with Crippen LogP contribution in [0.25, 0.3) is 11.1 Å². The Kier molecular flexibility index (Phi) is 5.03. The number of hydrogen-bond donors (Lipinski definition) is 1. The quantitative estimate of drug-likeness (QED) is 0.932. The first-order chi connectivity index (χ1) is 11.2. The SMILES string of the molecule is CCCNC(=O)N1CCN(Cc2nc3ccc(Cl)cc3o2)CC1. The largest absolute Gasteiger partial charge is 0.439 e. The van der Waals surface area contributed by atoms with E-state index in [2.05, 4.69) is 15.2 Å². The van der Waals surface area contributed by atoms with Crippen molar-refractivity contribution in [1.82, 2.24) is 20.1 Å². The van der Waals surface area contributed by atoms with Crippen molar-refractivity contribution in [1.29, 1.82) is 0 Å². The first-order valence-corrected chi connectivity index (χ1v) is 8.33. The van der Waals surface area contributed by atoms with Crippen molar-refractivity contribution in [3.8, 4) is 0 Å². The van der Waals surface area contributed by atoms with Gasteiger partial charge in [0.05, 0.1) is 6.54 Å². The summed E-state index contributed by atoms with van der Waals surface area (Å²) in [6.07, 6.45) is 0.952. The Balaban J connectivity index is 1.54. The van der Waals surface area contributed by atoms with E-state index in [0.29, 0.717) is 23.0 Å². The molecule has 2 heterocycles.